The van der Waals surface area contributed by atoms with Gasteiger partial charge in [-0.05, 0) is 24.3 Å². The summed E-state index contributed by atoms with van der Waals surface area (Å²) in [6, 6.07) is 14.7. The highest BCUT2D eigenvalue weighted by Gasteiger charge is 2.17. The van der Waals surface area contributed by atoms with Crippen molar-refractivity contribution in [2.24, 2.45) is 5.73 Å². The molecule has 0 amide bonds. The van der Waals surface area contributed by atoms with Gasteiger partial charge in [0.1, 0.15) is 17.3 Å². The second-order valence-corrected chi connectivity index (χ2v) is 5.08. The third-order valence-electron chi connectivity index (χ3n) is 3.51. The van der Waals surface area contributed by atoms with Crippen LogP contribution in [-0.4, -0.2) is 4.98 Å². The zero-order valence-corrected chi connectivity index (χ0v) is 12.3. The average Bonchev–Trinajstić information content (AvgIpc) is 2.56. The SMILES string of the molecule is Nc1ccncc1C(N)c1ccc(Oc2ccccc2)cc1F. The molecule has 2 aromatic carbocycles. The van der Waals surface area contributed by atoms with Crippen LogP contribution in [0.1, 0.15) is 17.2 Å². The molecule has 5 heteroatoms. The molecular weight excluding hydrogens is 293 g/mol. The molecule has 0 aliphatic carbocycles. The number of ether oxygens (including phenoxy) is 1. The zero-order valence-electron chi connectivity index (χ0n) is 12.3. The van der Waals surface area contributed by atoms with Gasteiger partial charge in [-0.15, -0.1) is 0 Å². The summed E-state index contributed by atoms with van der Waals surface area (Å²) in [4.78, 5) is 3.99. The molecule has 1 aromatic heterocycles. The van der Waals surface area contributed by atoms with E-state index in [1.54, 1.807) is 42.7 Å². The molecule has 3 aromatic rings. The van der Waals surface area contributed by atoms with Gasteiger partial charge in [0.05, 0.1) is 6.04 Å². The number of anilines is 1. The van der Waals surface area contributed by atoms with Crippen molar-refractivity contribution in [1.29, 1.82) is 0 Å². The fraction of sp³-hybridized carbons (Fsp3) is 0.0556. The van der Waals surface area contributed by atoms with Crippen molar-refractivity contribution < 1.29 is 9.13 Å². The van der Waals surface area contributed by atoms with Crippen molar-refractivity contribution >= 4 is 5.69 Å². The topological polar surface area (TPSA) is 74.2 Å². The molecule has 0 aliphatic rings. The van der Waals surface area contributed by atoms with E-state index >= 15 is 0 Å². The lowest BCUT2D eigenvalue weighted by atomic mass is 9.99. The summed E-state index contributed by atoms with van der Waals surface area (Å²) in [6.07, 6.45) is 3.12. The highest BCUT2D eigenvalue weighted by molar-refractivity contribution is 5.50. The monoisotopic (exact) mass is 309 g/mol. The number of pyridine rings is 1. The molecule has 1 unspecified atom stereocenters. The first-order chi connectivity index (χ1) is 11.1. The van der Waals surface area contributed by atoms with Crippen molar-refractivity contribution in [3.63, 3.8) is 0 Å². The largest absolute Gasteiger partial charge is 0.457 e. The summed E-state index contributed by atoms with van der Waals surface area (Å²) in [6.45, 7) is 0. The van der Waals surface area contributed by atoms with Gasteiger partial charge in [-0.1, -0.05) is 24.3 Å². The van der Waals surface area contributed by atoms with E-state index in [1.165, 1.54) is 6.07 Å². The Labute approximate surface area is 133 Å². The van der Waals surface area contributed by atoms with E-state index < -0.39 is 11.9 Å². The Kier molecular flexibility index (Phi) is 4.21. The Bertz CT molecular complexity index is 808. The quantitative estimate of drug-likeness (QED) is 0.771. The molecule has 0 bridgehead atoms. The van der Waals surface area contributed by atoms with Crippen LogP contribution in [0.25, 0.3) is 0 Å². The van der Waals surface area contributed by atoms with Crippen molar-refractivity contribution in [1.82, 2.24) is 4.98 Å². The van der Waals surface area contributed by atoms with E-state index in [2.05, 4.69) is 4.98 Å². The van der Waals surface area contributed by atoms with Crippen LogP contribution >= 0.6 is 0 Å². The fourth-order valence-electron chi connectivity index (χ4n) is 2.29. The van der Waals surface area contributed by atoms with Crippen LogP contribution in [-0.2, 0) is 0 Å². The normalized spacial score (nSPS) is 11.9. The minimum absolute atomic E-state index is 0.338. The maximum absolute atomic E-state index is 14.4. The lowest BCUT2D eigenvalue weighted by Crippen LogP contribution is -2.15. The fourth-order valence-corrected chi connectivity index (χ4v) is 2.29. The van der Waals surface area contributed by atoms with Gasteiger partial charge < -0.3 is 16.2 Å². The molecule has 0 aliphatic heterocycles. The average molecular weight is 309 g/mol. The van der Waals surface area contributed by atoms with Crippen LogP contribution in [0.2, 0.25) is 0 Å². The van der Waals surface area contributed by atoms with Gasteiger partial charge in [-0.3, -0.25) is 4.98 Å². The first-order valence-electron chi connectivity index (χ1n) is 7.12. The standard InChI is InChI=1S/C18H16FN3O/c19-16-10-13(23-12-4-2-1-3-5-12)6-7-14(16)18(21)15-11-22-9-8-17(15)20/h1-11,18H,21H2,(H2,20,22). The third kappa shape index (κ3) is 3.30. The van der Waals surface area contributed by atoms with Crippen molar-refractivity contribution in [3.8, 4) is 11.5 Å². The number of para-hydroxylation sites is 1. The number of nitrogen functional groups attached to an aromatic ring is 1. The van der Waals surface area contributed by atoms with E-state index in [-0.39, 0.29) is 0 Å². The van der Waals surface area contributed by atoms with E-state index in [0.29, 0.717) is 28.3 Å². The molecular formula is C18H16FN3O. The van der Waals surface area contributed by atoms with Crippen molar-refractivity contribution in [2.75, 3.05) is 5.73 Å². The Morgan fingerprint density at radius 1 is 0.957 bits per heavy atom. The minimum Gasteiger partial charge on any atom is -0.457 e. The van der Waals surface area contributed by atoms with Gasteiger partial charge in [-0.2, -0.15) is 0 Å². The van der Waals surface area contributed by atoms with Crippen LogP contribution in [0.5, 0.6) is 11.5 Å². The van der Waals surface area contributed by atoms with Crippen molar-refractivity contribution in [2.45, 2.75) is 6.04 Å². The molecule has 116 valence electrons. The summed E-state index contributed by atoms with van der Waals surface area (Å²) in [7, 11) is 0. The number of aromatic nitrogens is 1. The molecule has 0 saturated carbocycles. The van der Waals surface area contributed by atoms with Gasteiger partial charge >= 0.3 is 0 Å². The second-order valence-electron chi connectivity index (χ2n) is 5.08. The van der Waals surface area contributed by atoms with E-state index in [0.717, 1.165) is 0 Å². The van der Waals surface area contributed by atoms with Crippen LogP contribution in [0.4, 0.5) is 10.1 Å². The molecule has 0 spiro atoms. The Morgan fingerprint density at radius 3 is 2.43 bits per heavy atom. The van der Waals surface area contributed by atoms with Crippen molar-refractivity contribution in [3.05, 3.63) is 83.9 Å². The summed E-state index contributed by atoms with van der Waals surface area (Å²) in [5.41, 5.74) is 13.4. The number of hydrogen-bond donors (Lipinski definition) is 2. The molecule has 4 nitrogen and oxygen atoms in total. The first-order valence-corrected chi connectivity index (χ1v) is 7.12. The predicted octanol–water partition coefficient (Wildman–Crippen LogP) is 3.64. The number of hydrogen-bond acceptors (Lipinski definition) is 4. The Hall–Kier alpha value is -2.92. The Morgan fingerprint density at radius 2 is 1.74 bits per heavy atom. The molecule has 1 heterocycles. The molecule has 1 atom stereocenters. The lowest BCUT2D eigenvalue weighted by Gasteiger charge is -2.16. The summed E-state index contributed by atoms with van der Waals surface area (Å²) >= 11 is 0. The number of nitrogens with zero attached hydrogens (tertiary/aromatic N) is 1. The van der Waals surface area contributed by atoms with Gasteiger partial charge in [0.15, 0.2) is 0 Å². The molecule has 0 saturated heterocycles. The zero-order chi connectivity index (χ0) is 16.2. The molecule has 23 heavy (non-hydrogen) atoms. The van der Waals surface area contributed by atoms with Gasteiger partial charge in [0.25, 0.3) is 0 Å². The van der Waals surface area contributed by atoms with E-state index in [4.69, 9.17) is 16.2 Å². The highest BCUT2D eigenvalue weighted by Crippen LogP contribution is 2.29. The lowest BCUT2D eigenvalue weighted by molar-refractivity contribution is 0.475. The van der Waals surface area contributed by atoms with Gasteiger partial charge in [0, 0.05) is 35.3 Å². The number of rotatable bonds is 4. The predicted molar refractivity (Wildman–Crippen MR) is 87.6 cm³/mol. The van der Waals surface area contributed by atoms with Crippen LogP contribution in [0.3, 0.4) is 0 Å². The summed E-state index contributed by atoms with van der Waals surface area (Å²) < 4.78 is 20.0. The van der Waals surface area contributed by atoms with E-state index in [1.807, 2.05) is 18.2 Å². The maximum Gasteiger partial charge on any atom is 0.132 e. The Balaban J connectivity index is 1.86. The number of halogens is 1. The number of benzene rings is 2. The summed E-state index contributed by atoms with van der Waals surface area (Å²) in [5, 5.41) is 0. The molecule has 3 rings (SSSR count). The van der Waals surface area contributed by atoms with E-state index in [9.17, 15) is 4.39 Å². The van der Waals surface area contributed by atoms with Gasteiger partial charge in [-0.25, -0.2) is 4.39 Å². The molecule has 0 radical (unpaired) electrons. The smallest absolute Gasteiger partial charge is 0.132 e. The third-order valence-corrected chi connectivity index (χ3v) is 3.51. The molecule has 4 N–H and O–H groups in total. The van der Waals surface area contributed by atoms with Gasteiger partial charge in [0.2, 0.25) is 0 Å². The first kappa shape index (κ1) is 15.0. The second kappa shape index (κ2) is 6.46. The summed E-state index contributed by atoms with van der Waals surface area (Å²) in [5.74, 6) is 0.596. The number of nitrogens with two attached hydrogens (primary N) is 2. The highest BCUT2D eigenvalue weighted by atomic mass is 19.1. The molecule has 0 fully saturated rings. The minimum atomic E-state index is -0.686. The maximum atomic E-state index is 14.4. The van der Waals surface area contributed by atoms with Crippen LogP contribution in [0, 0.1) is 5.82 Å². The van der Waals surface area contributed by atoms with Crippen LogP contribution < -0.4 is 16.2 Å². The van der Waals surface area contributed by atoms with Crippen LogP contribution in [0.15, 0.2) is 67.0 Å².